The predicted molar refractivity (Wildman–Crippen MR) is 50.5 cm³/mol. The van der Waals surface area contributed by atoms with Gasteiger partial charge in [0.1, 0.15) is 6.10 Å². The average Bonchev–Trinajstić information content (AvgIpc) is 2.16. The van der Waals surface area contributed by atoms with Crippen molar-refractivity contribution in [3.05, 3.63) is 24.3 Å². The lowest BCUT2D eigenvalue weighted by atomic mass is 9.94. The van der Waals surface area contributed by atoms with E-state index in [0.717, 1.165) is 12.8 Å². The molecule has 64 valence electrons. The Morgan fingerprint density at radius 3 is 3.00 bits per heavy atom. The Morgan fingerprint density at radius 2 is 2.42 bits per heavy atom. The smallest absolute Gasteiger partial charge is 0.133 e. The van der Waals surface area contributed by atoms with Crippen LogP contribution in [0.4, 0.5) is 0 Å². The fourth-order valence-corrected chi connectivity index (χ4v) is 1.31. The van der Waals surface area contributed by atoms with Crippen LogP contribution < -0.4 is 0 Å². The van der Waals surface area contributed by atoms with Crippen molar-refractivity contribution < 1.29 is 5.11 Å². The molecule has 0 bridgehead atoms. The normalized spacial score (nSPS) is 25.5. The summed E-state index contributed by atoms with van der Waals surface area (Å²) in [6.07, 6.45) is 15.8. The van der Waals surface area contributed by atoms with Crippen molar-refractivity contribution in [3.63, 3.8) is 0 Å². The second-order valence-corrected chi connectivity index (χ2v) is 3.04. The minimum atomic E-state index is -0.712. The molecule has 12 heavy (non-hydrogen) atoms. The SMILES string of the molecule is C#CC(O)C=CC1CC=CCC1. The summed E-state index contributed by atoms with van der Waals surface area (Å²) >= 11 is 0. The number of aliphatic hydroxyl groups excluding tert-OH is 1. The van der Waals surface area contributed by atoms with Crippen LogP contribution in [0, 0.1) is 18.3 Å². The standard InChI is InChI=1S/C11H14O/c1-2-11(12)9-8-10-6-4-3-5-7-10/h1,3-4,8-12H,5-7H2. The summed E-state index contributed by atoms with van der Waals surface area (Å²) in [7, 11) is 0. The molecule has 1 rings (SSSR count). The molecule has 0 aromatic carbocycles. The topological polar surface area (TPSA) is 20.2 Å². The van der Waals surface area contributed by atoms with Crippen molar-refractivity contribution in [2.45, 2.75) is 25.4 Å². The summed E-state index contributed by atoms with van der Waals surface area (Å²) < 4.78 is 0. The highest BCUT2D eigenvalue weighted by atomic mass is 16.3. The number of aliphatic hydroxyl groups is 1. The number of hydrogen-bond acceptors (Lipinski definition) is 1. The molecule has 0 aliphatic heterocycles. The molecule has 2 unspecified atom stereocenters. The number of hydrogen-bond donors (Lipinski definition) is 1. The Hall–Kier alpha value is -1.00. The molecule has 0 saturated heterocycles. The monoisotopic (exact) mass is 162 g/mol. The van der Waals surface area contributed by atoms with Crippen LogP contribution >= 0.6 is 0 Å². The van der Waals surface area contributed by atoms with Crippen molar-refractivity contribution in [1.29, 1.82) is 0 Å². The third-order valence-corrected chi connectivity index (χ3v) is 2.05. The van der Waals surface area contributed by atoms with Gasteiger partial charge in [-0.2, -0.15) is 0 Å². The maximum absolute atomic E-state index is 9.05. The molecule has 1 nitrogen and oxygen atoms in total. The third-order valence-electron chi connectivity index (χ3n) is 2.05. The van der Waals surface area contributed by atoms with Crippen molar-refractivity contribution in [3.8, 4) is 12.3 Å². The zero-order valence-corrected chi connectivity index (χ0v) is 7.11. The van der Waals surface area contributed by atoms with Gasteiger partial charge in [0.25, 0.3) is 0 Å². The van der Waals surface area contributed by atoms with Gasteiger partial charge in [-0.15, -0.1) is 6.42 Å². The first-order chi connectivity index (χ1) is 5.83. The van der Waals surface area contributed by atoms with Gasteiger partial charge in [0.15, 0.2) is 0 Å². The first kappa shape index (κ1) is 9.09. The third kappa shape index (κ3) is 2.94. The highest BCUT2D eigenvalue weighted by Gasteiger charge is 2.05. The molecule has 0 amide bonds. The average molecular weight is 162 g/mol. The van der Waals surface area contributed by atoms with E-state index in [9.17, 15) is 0 Å². The van der Waals surface area contributed by atoms with Gasteiger partial charge in [-0.3, -0.25) is 0 Å². The number of allylic oxidation sites excluding steroid dienone is 3. The van der Waals surface area contributed by atoms with E-state index in [1.165, 1.54) is 6.42 Å². The molecule has 0 aromatic heterocycles. The zero-order valence-electron chi connectivity index (χ0n) is 7.11. The molecular weight excluding hydrogens is 148 g/mol. The number of terminal acetylenes is 1. The Labute approximate surface area is 73.8 Å². The molecule has 0 aromatic rings. The maximum Gasteiger partial charge on any atom is 0.133 e. The van der Waals surface area contributed by atoms with E-state index < -0.39 is 6.10 Å². The molecule has 0 fully saturated rings. The van der Waals surface area contributed by atoms with Crippen LogP contribution in [0.1, 0.15) is 19.3 Å². The summed E-state index contributed by atoms with van der Waals surface area (Å²) in [5.74, 6) is 2.82. The van der Waals surface area contributed by atoms with Gasteiger partial charge in [-0.05, 0) is 31.3 Å². The Balaban J connectivity index is 2.36. The van der Waals surface area contributed by atoms with Gasteiger partial charge in [0.2, 0.25) is 0 Å². The van der Waals surface area contributed by atoms with E-state index in [-0.39, 0.29) is 0 Å². The molecule has 0 saturated carbocycles. The lowest BCUT2D eigenvalue weighted by Gasteiger charge is -2.12. The van der Waals surface area contributed by atoms with E-state index in [0.29, 0.717) is 5.92 Å². The molecule has 1 N–H and O–H groups in total. The fraction of sp³-hybridized carbons (Fsp3) is 0.455. The number of rotatable bonds is 2. The van der Waals surface area contributed by atoms with Gasteiger partial charge in [-0.25, -0.2) is 0 Å². The minimum absolute atomic E-state index is 0.568. The van der Waals surface area contributed by atoms with Crippen molar-refractivity contribution in [1.82, 2.24) is 0 Å². The maximum atomic E-state index is 9.05. The molecule has 0 radical (unpaired) electrons. The van der Waals surface area contributed by atoms with E-state index >= 15 is 0 Å². The van der Waals surface area contributed by atoms with Gasteiger partial charge >= 0.3 is 0 Å². The second-order valence-electron chi connectivity index (χ2n) is 3.04. The molecule has 0 spiro atoms. The predicted octanol–water partition coefficient (Wildman–Crippen LogP) is 1.89. The van der Waals surface area contributed by atoms with Crippen molar-refractivity contribution in [2.75, 3.05) is 0 Å². The largest absolute Gasteiger partial charge is 0.377 e. The molecule has 1 aliphatic rings. The Bertz CT molecular complexity index is 220. The van der Waals surface area contributed by atoms with Crippen LogP contribution in [-0.4, -0.2) is 11.2 Å². The van der Waals surface area contributed by atoms with Gasteiger partial charge in [0.05, 0.1) is 0 Å². The lowest BCUT2D eigenvalue weighted by molar-refractivity contribution is 0.279. The summed E-state index contributed by atoms with van der Waals surface area (Å²) in [5, 5.41) is 9.05. The highest BCUT2D eigenvalue weighted by Crippen LogP contribution is 2.19. The van der Waals surface area contributed by atoms with E-state index in [1.807, 2.05) is 6.08 Å². The first-order valence-corrected chi connectivity index (χ1v) is 4.30. The summed E-state index contributed by atoms with van der Waals surface area (Å²) in [6, 6.07) is 0. The van der Waals surface area contributed by atoms with Crippen LogP contribution in [0.25, 0.3) is 0 Å². The molecule has 2 atom stereocenters. The van der Waals surface area contributed by atoms with Crippen LogP contribution in [-0.2, 0) is 0 Å². The van der Waals surface area contributed by atoms with E-state index in [1.54, 1.807) is 6.08 Å². The van der Waals surface area contributed by atoms with Crippen LogP contribution in [0.2, 0.25) is 0 Å². The van der Waals surface area contributed by atoms with Crippen LogP contribution in [0.15, 0.2) is 24.3 Å². The molecule has 0 heterocycles. The van der Waals surface area contributed by atoms with Gasteiger partial charge in [-0.1, -0.05) is 24.1 Å². The van der Waals surface area contributed by atoms with Gasteiger partial charge in [0, 0.05) is 0 Å². The summed E-state index contributed by atoms with van der Waals surface area (Å²) in [4.78, 5) is 0. The van der Waals surface area contributed by atoms with Crippen molar-refractivity contribution >= 4 is 0 Å². The van der Waals surface area contributed by atoms with E-state index in [4.69, 9.17) is 11.5 Å². The summed E-state index contributed by atoms with van der Waals surface area (Å²) in [5.41, 5.74) is 0. The second kappa shape index (κ2) is 4.79. The highest BCUT2D eigenvalue weighted by molar-refractivity contribution is 5.08. The fourth-order valence-electron chi connectivity index (χ4n) is 1.31. The van der Waals surface area contributed by atoms with Crippen LogP contribution in [0.5, 0.6) is 0 Å². The minimum Gasteiger partial charge on any atom is -0.377 e. The molecule has 1 heteroatoms. The molecular formula is C11H14O. The Kier molecular flexibility index (Phi) is 3.63. The van der Waals surface area contributed by atoms with Crippen molar-refractivity contribution in [2.24, 2.45) is 5.92 Å². The van der Waals surface area contributed by atoms with Gasteiger partial charge < -0.3 is 5.11 Å². The van der Waals surface area contributed by atoms with E-state index in [2.05, 4.69) is 18.1 Å². The lowest BCUT2D eigenvalue weighted by Crippen LogP contribution is -2.02. The van der Waals surface area contributed by atoms with Crippen LogP contribution in [0.3, 0.4) is 0 Å². The summed E-state index contributed by atoms with van der Waals surface area (Å²) in [6.45, 7) is 0. The Morgan fingerprint density at radius 1 is 1.58 bits per heavy atom. The molecule has 1 aliphatic carbocycles. The first-order valence-electron chi connectivity index (χ1n) is 4.30. The quantitative estimate of drug-likeness (QED) is 0.485. The zero-order chi connectivity index (χ0) is 8.81.